The Hall–Kier alpha value is -5.73. The first-order valence-corrected chi connectivity index (χ1v) is 23.2. The second-order valence-corrected chi connectivity index (χ2v) is 19.4. The van der Waals surface area contributed by atoms with E-state index in [1.165, 1.54) is 12.7 Å². The zero-order valence-corrected chi connectivity index (χ0v) is 40.0. The van der Waals surface area contributed by atoms with Crippen LogP contribution in [0.2, 0.25) is 0 Å². The number of aliphatic imine (C=N–C) groups is 1. The minimum Gasteiger partial charge on any atom is -0.497 e. The molecule has 66 heavy (non-hydrogen) atoms. The van der Waals surface area contributed by atoms with E-state index in [0.717, 1.165) is 16.7 Å². The molecule has 0 saturated carbocycles. The first kappa shape index (κ1) is 48.2. The van der Waals surface area contributed by atoms with Gasteiger partial charge in [0.1, 0.15) is 55.0 Å². The summed E-state index contributed by atoms with van der Waals surface area (Å²) in [6.45, 7) is 11.6. The van der Waals surface area contributed by atoms with Crippen LogP contribution in [-0.4, -0.2) is 125 Å². The van der Waals surface area contributed by atoms with Gasteiger partial charge in [-0.2, -0.15) is 10.2 Å². The van der Waals surface area contributed by atoms with E-state index >= 15 is 0 Å². The topological polar surface area (TPSA) is 188 Å². The zero-order chi connectivity index (χ0) is 47.4. The summed E-state index contributed by atoms with van der Waals surface area (Å²) in [4.78, 5) is 45.2. The van der Waals surface area contributed by atoms with Gasteiger partial charge in [-0.05, 0) is 82.5 Å². The SMILES string of the molecule is COc1ccc(C(OC[C@]23CO[C@@H](C2OP(CC(=O)OC(C)(C)CC#N)N(C(C)C)C(C)C)[C@H](n2cnc4c(=O)[nH]c(/N=C/N(C)C)nc42)O3)(c2ccccc2)c2ccc(OC)cc2)cc1. The number of hydrogen-bond donors (Lipinski definition) is 1. The van der Waals surface area contributed by atoms with Crippen molar-refractivity contribution in [2.45, 2.75) is 95.3 Å². The van der Waals surface area contributed by atoms with E-state index in [9.17, 15) is 14.9 Å². The largest absolute Gasteiger partial charge is 0.497 e. The highest BCUT2D eigenvalue weighted by Gasteiger charge is 2.65. The molecule has 18 heteroatoms. The van der Waals surface area contributed by atoms with E-state index in [1.807, 2.05) is 93.0 Å². The lowest BCUT2D eigenvalue weighted by Crippen LogP contribution is -2.49. The molecule has 2 aliphatic heterocycles. The normalized spacial score (nSPS) is 20.1. The molecular weight excluding hydrogens is 864 g/mol. The van der Waals surface area contributed by atoms with Gasteiger partial charge >= 0.3 is 5.97 Å². The number of ether oxygens (including phenoxy) is 6. The number of fused-ring (bicyclic) bond motifs is 3. The molecular formula is C48H59N8O9P. The fourth-order valence-electron chi connectivity index (χ4n) is 8.61. The smallest absolute Gasteiger partial charge is 0.314 e. The zero-order valence-electron chi connectivity index (χ0n) is 39.1. The number of nitrogens with zero attached hydrogens (tertiary/aromatic N) is 7. The van der Waals surface area contributed by atoms with Crippen molar-refractivity contribution in [1.29, 1.82) is 5.26 Å². The fraction of sp³-hybridized carbons (Fsp3) is 0.458. The highest BCUT2D eigenvalue weighted by atomic mass is 31.2. The van der Waals surface area contributed by atoms with E-state index in [0.29, 0.717) is 11.5 Å². The van der Waals surface area contributed by atoms with Crippen LogP contribution in [0.15, 0.2) is 95.0 Å². The molecule has 0 spiro atoms. The molecule has 4 heterocycles. The Morgan fingerprint density at radius 2 is 1.61 bits per heavy atom. The van der Waals surface area contributed by atoms with Crippen LogP contribution in [0.4, 0.5) is 5.95 Å². The Balaban J connectivity index is 1.38. The van der Waals surface area contributed by atoms with Crippen molar-refractivity contribution in [3.63, 3.8) is 0 Å². The predicted octanol–water partition coefficient (Wildman–Crippen LogP) is 7.08. The Morgan fingerprint density at radius 3 is 2.17 bits per heavy atom. The van der Waals surface area contributed by atoms with Gasteiger partial charge in [0.05, 0.1) is 52.6 Å². The number of nitrogens with one attached hydrogen (secondary N) is 1. The van der Waals surface area contributed by atoms with Crippen LogP contribution in [0.1, 0.15) is 70.9 Å². The minimum absolute atomic E-state index is 0.0214. The number of carbonyl (C=O) groups excluding carboxylic acids is 1. The Kier molecular flexibility index (Phi) is 14.6. The van der Waals surface area contributed by atoms with Gasteiger partial charge in [0.2, 0.25) is 5.95 Å². The number of benzene rings is 3. The summed E-state index contributed by atoms with van der Waals surface area (Å²) in [6, 6.07) is 27.4. The van der Waals surface area contributed by atoms with Crippen LogP contribution < -0.4 is 15.0 Å². The third-order valence-electron chi connectivity index (χ3n) is 11.5. The van der Waals surface area contributed by atoms with Crippen LogP contribution >= 0.6 is 8.30 Å². The molecule has 2 aliphatic rings. The number of hydrogen-bond acceptors (Lipinski definition) is 14. The van der Waals surface area contributed by atoms with Gasteiger partial charge in [-0.15, -0.1) is 0 Å². The van der Waals surface area contributed by atoms with E-state index < -0.39 is 55.1 Å². The molecule has 7 rings (SSSR count). The molecule has 2 bridgehead atoms. The van der Waals surface area contributed by atoms with E-state index in [4.69, 9.17) is 37.9 Å². The summed E-state index contributed by atoms with van der Waals surface area (Å²) in [5, 5.41) is 9.48. The maximum absolute atomic E-state index is 13.9. The molecule has 3 aromatic carbocycles. The highest BCUT2D eigenvalue weighted by molar-refractivity contribution is 7.51. The summed E-state index contributed by atoms with van der Waals surface area (Å²) in [5.41, 5.74) is -1.27. The standard InChI is InChI=1S/C48H59N8O9P/c1-31(2)56(32(3)4)66(26-38(57)63-46(5,6)24-25-49)65-41-40-44(55-30-50-39-42(55)52-45(53-43(39)58)51-29-54(7)8)64-47(41,27-61-40)28-62-48(33-14-12-11-13-15-33,34-16-20-36(59-9)21-17-34)35-18-22-37(60-10)23-19-35/h11-23,29-32,40-41,44H,24,26-28H2,1-10H3,(H,52,53,58)/b51-29+/t40-,41?,44+,47+,66?/m0/s1. The number of carbonyl (C=O) groups is 1. The van der Waals surface area contributed by atoms with E-state index in [-0.39, 0.29) is 55.0 Å². The fourth-order valence-corrected chi connectivity index (χ4v) is 10.8. The molecule has 0 amide bonds. The van der Waals surface area contributed by atoms with Gasteiger partial charge in [0.15, 0.2) is 17.4 Å². The average Bonchev–Trinajstić information content (AvgIpc) is 3.96. The Morgan fingerprint density at radius 1 is 1.00 bits per heavy atom. The van der Waals surface area contributed by atoms with Crippen LogP contribution in [-0.2, 0) is 33.9 Å². The molecule has 0 aliphatic carbocycles. The maximum Gasteiger partial charge on any atom is 0.314 e. The molecule has 2 fully saturated rings. The number of aromatic nitrogens is 4. The van der Waals surface area contributed by atoms with Crippen molar-refractivity contribution in [1.82, 2.24) is 29.1 Å². The number of nitriles is 1. The van der Waals surface area contributed by atoms with Crippen LogP contribution in [0.25, 0.3) is 11.2 Å². The third-order valence-corrected chi connectivity index (χ3v) is 13.9. The second-order valence-electron chi connectivity index (χ2n) is 17.7. The summed E-state index contributed by atoms with van der Waals surface area (Å²) >= 11 is 0. The number of esters is 1. The van der Waals surface area contributed by atoms with Crippen molar-refractivity contribution in [3.8, 4) is 17.6 Å². The molecule has 2 saturated heterocycles. The molecule has 5 atom stereocenters. The van der Waals surface area contributed by atoms with Crippen molar-refractivity contribution in [3.05, 3.63) is 112 Å². The van der Waals surface area contributed by atoms with Gasteiger partial charge in [0, 0.05) is 26.2 Å². The lowest BCUT2D eigenvalue weighted by atomic mass is 9.79. The minimum atomic E-state index is -1.76. The number of aromatic amines is 1. The van der Waals surface area contributed by atoms with E-state index in [2.05, 4.69) is 53.4 Å². The van der Waals surface area contributed by atoms with Gasteiger partial charge in [0.25, 0.3) is 5.56 Å². The first-order chi connectivity index (χ1) is 31.5. The van der Waals surface area contributed by atoms with Crippen molar-refractivity contribution in [2.24, 2.45) is 4.99 Å². The molecule has 0 radical (unpaired) electrons. The molecule has 1 N–H and O–H groups in total. The average molecular weight is 923 g/mol. The molecule has 2 unspecified atom stereocenters. The second kappa shape index (κ2) is 20.0. The van der Waals surface area contributed by atoms with Crippen LogP contribution in [0.5, 0.6) is 11.5 Å². The number of H-pyrrole nitrogens is 1. The van der Waals surface area contributed by atoms with Gasteiger partial charge in [-0.25, -0.2) is 9.98 Å². The van der Waals surface area contributed by atoms with Crippen LogP contribution in [0.3, 0.4) is 0 Å². The number of imidazole rings is 1. The number of rotatable bonds is 20. The lowest BCUT2D eigenvalue weighted by molar-refractivity contribution is -0.201. The molecule has 350 valence electrons. The van der Waals surface area contributed by atoms with Crippen molar-refractivity contribution >= 4 is 37.7 Å². The molecule has 5 aromatic rings. The summed E-state index contributed by atoms with van der Waals surface area (Å²) < 4.78 is 49.7. The van der Waals surface area contributed by atoms with Gasteiger partial charge in [-0.1, -0.05) is 54.6 Å². The monoisotopic (exact) mass is 922 g/mol. The predicted molar refractivity (Wildman–Crippen MR) is 250 cm³/mol. The molecule has 17 nitrogen and oxygen atoms in total. The molecule has 2 aromatic heterocycles. The highest BCUT2D eigenvalue weighted by Crippen LogP contribution is 2.56. The number of methoxy groups -OCH3 is 2. The van der Waals surface area contributed by atoms with Crippen molar-refractivity contribution in [2.75, 3.05) is 47.7 Å². The Bertz CT molecular complexity index is 2520. The first-order valence-electron chi connectivity index (χ1n) is 21.8. The summed E-state index contributed by atoms with van der Waals surface area (Å²) in [7, 11) is 5.10. The van der Waals surface area contributed by atoms with Crippen LogP contribution in [0, 0.1) is 11.3 Å². The van der Waals surface area contributed by atoms with E-state index in [1.54, 1.807) is 37.5 Å². The maximum atomic E-state index is 13.9. The Labute approximate surface area is 386 Å². The quantitative estimate of drug-likeness (QED) is 0.0274. The summed E-state index contributed by atoms with van der Waals surface area (Å²) in [6.07, 6.45) is 0.387. The van der Waals surface area contributed by atoms with Gasteiger partial charge < -0.3 is 37.8 Å². The summed E-state index contributed by atoms with van der Waals surface area (Å²) in [5.74, 6) is 0.929. The lowest BCUT2D eigenvalue weighted by Gasteiger charge is -2.42. The third kappa shape index (κ3) is 9.85. The van der Waals surface area contributed by atoms with Crippen molar-refractivity contribution < 1.29 is 37.7 Å². The van der Waals surface area contributed by atoms with Gasteiger partial charge in [-0.3, -0.25) is 23.8 Å².